The quantitative estimate of drug-likeness (QED) is 0.620. The zero-order valence-electron chi connectivity index (χ0n) is 17.1. The number of nitrogens with zero attached hydrogens (tertiary/aromatic N) is 1. The summed E-state index contributed by atoms with van der Waals surface area (Å²) in [5.74, 6) is 0.457. The predicted molar refractivity (Wildman–Crippen MR) is 118 cm³/mol. The first-order valence-electron chi connectivity index (χ1n) is 9.53. The van der Waals surface area contributed by atoms with Crippen LogP contribution >= 0.6 is 11.8 Å². The normalized spacial score (nSPS) is 10.8. The van der Waals surface area contributed by atoms with Crippen LogP contribution in [0.5, 0.6) is 0 Å². The first-order chi connectivity index (χ1) is 13.8. The lowest BCUT2D eigenvalue weighted by Gasteiger charge is -2.09. The Morgan fingerprint density at radius 3 is 2.48 bits per heavy atom. The topological polar surface area (TPSA) is 74.8 Å². The largest absolute Gasteiger partial charge is 0.326 e. The smallest absolute Gasteiger partial charge is 0.254 e. The molecule has 0 saturated heterocycles. The number of hydrogen-bond donors (Lipinski definition) is 2. The number of H-pyrrole nitrogens is 1. The number of amides is 1. The van der Waals surface area contributed by atoms with Crippen molar-refractivity contribution in [2.75, 3.05) is 5.32 Å². The summed E-state index contributed by atoms with van der Waals surface area (Å²) in [6, 6.07) is 14.2. The van der Waals surface area contributed by atoms with Crippen molar-refractivity contribution in [1.82, 2.24) is 9.97 Å². The van der Waals surface area contributed by atoms with E-state index in [0.29, 0.717) is 23.5 Å². The molecule has 0 aliphatic heterocycles. The van der Waals surface area contributed by atoms with Gasteiger partial charge in [0.15, 0.2) is 0 Å². The van der Waals surface area contributed by atoms with Crippen molar-refractivity contribution in [3.05, 3.63) is 81.0 Å². The molecule has 0 unspecified atom stereocenters. The van der Waals surface area contributed by atoms with Crippen LogP contribution in [-0.2, 0) is 11.2 Å². The molecule has 0 atom stereocenters. The summed E-state index contributed by atoms with van der Waals surface area (Å²) in [6.45, 7) is 7.73. The van der Waals surface area contributed by atoms with Crippen molar-refractivity contribution in [3.8, 4) is 0 Å². The van der Waals surface area contributed by atoms with Crippen LogP contribution in [0.1, 0.15) is 34.6 Å². The van der Waals surface area contributed by atoms with E-state index in [0.717, 1.165) is 10.6 Å². The van der Waals surface area contributed by atoms with E-state index in [1.54, 1.807) is 25.6 Å². The highest BCUT2D eigenvalue weighted by molar-refractivity contribution is 7.99. The molecular weight excluding hydrogens is 382 g/mol. The van der Waals surface area contributed by atoms with Gasteiger partial charge in [-0.25, -0.2) is 4.98 Å². The lowest BCUT2D eigenvalue weighted by Crippen LogP contribution is -2.20. The van der Waals surface area contributed by atoms with Gasteiger partial charge in [-0.2, -0.15) is 0 Å². The van der Waals surface area contributed by atoms with Gasteiger partial charge in [0, 0.05) is 33.2 Å². The van der Waals surface area contributed by atoms with E-state index in [9.17, 15) is 9.59 Å². The molecule has 2 N–H and O–H groups in total. The van der Waals surface area contributed by atoms with Crippen LogP contribution in [0.4, 0.5) is 5.69 Å². The summed E-state index contributed by atoms with van der Waals surface area (Å²) in [7, 11) is 0. The molecule has 3 aromatic rings. The van der Waals surface area contributed by atoms with Crippen LogP contribution in [0.2, 0.25) is 0 Å². The fourth-order valence-corrected chi connectivity index (χ4v) is 4.06. The summed E-state index contributed by atoms with van der Waals surface area (Å²) in [5, 5.41) is 2.89. The summed E-state index contributed by atoms with van der Waals surface area (Å²) < 4.78 is 0. The van der Waals surface area contributed by atoms with Crippen LogP contribution in [0.3, 0.4) is 0 Å². The Morgan fingerprint density at radius 1 is 1.07 bits per heavy atom. The lowest BCUT2D eigenvalue weighted by molar-refractivity contribution is -0.116. The maximum atomic E-state index is 12.3. The molecule has 0 spiro atoms. The fourth-order valence-electron chi connectivity index (χ4n) is 3.06. The van der Waals surface area contributed by atoms with Gasteiger partial charge in [0.05, 0.1) is 0 Å². The minimum absolute atomic E-state index is 0.126. The Kier molecular flexibility index (Phi) is 6.54. The molecule has 6 heteroatoms. The van der Waals surface area contributed by atoms with Gasteiger partial charge < -0.3 is 10.3 Å². The van der Waals surface area contributed by atoms with E-state index in [4.69, 9.17) is 0 Å². The Morgan fingerprint density at radius 2 is 1.79 bits per heavy atom. The molecule has 1 aromatic heterocycles. The van der Waals surface area contributed by atoms with E-state index in [-0.39, 0.29) is 17.9 Å². The van der Waals surface area contributed by atoms with Gasteiger partial charge in [0.25, 0.3) is 5.56 Å². The number of rotatable bonds is 6. The van der Waals surface area contributed by atoms with E-state index in [2.05, 4.69) is 47.3 Å². The number of benzene rings is 2. The van der Waals surface area contributed by atoms with Crippen LogP contribution in [-0.4, -0.2) is 15.9 Å². The van der Waals surface area contributed by atoms with Gasteiger partial charge >= 0.3 is 0 Å². The third-order valence-electron chi connectivity index (χ3n) is 4.65. The number of aromatic nitrogens is 2. The van der Waals surface area contributed by atoms with Gasteiger partial charge in [-0.1, -0.05) is 23.9 Å². The fraction of sp³-hybridized carbons (Fsp3) is 0.261. The van der Waals surface area contributed by atoms with E-state index in [1.807, 2.05) is 24.3 Å². The number of aryl methyl sites for hydroxylation is 4. The Bertz CT molecular complexity index is 1090. The number of anilines is 1. The molecule has 1 amide bonds. The summed E-state index contributed by atoms with van der Waals surface area (Å²) >= 11 is 1.71. The summed E-state index contributed by atoms with van der Waals surface area (Å²) in [5.41, 5.74) is 4.29. The Balaban J connectivity index is 1.59. The molecule has 29 heavy (non-hydrogen) atoms. The van der Waals surface area contributed by atoms with Crippen LogP contribution in [0.25, 0.3) is 0 Å². The lowest BCUT2D eigenvalue weighted by atomic mass is 10.1. The first kappa shape index (κ1) is 20.9. The molecule has 0 radical (unpaired) electrons. The second-order valence-electron chi connectivity index (χ2n) is 7.16. The maximum absolute atomic E-state index is 12.3. The third kappa shape index (κ3) is 5.57. The first-order valence-corrected chi connectivity index (χ1v) is 10.3. The Labute approximate surface area is 175 Å². The van der Waals surface area contributed by atoms with Gasteiger partial charge in [-0.15, -0.1) is 0 Å². The summed E-state index contributed by atoms with van der Waals surface area (Å²) in [6.07, 6.45) is 0.592. The molecule has 0 bridgehead atoms. The van der Waals surface area contributed by atoms with E-state index in [1.165, 1.54) is 16.0 Å². The molecule has 3 rings (SSSR count). The van der Waals surface area contributed by atoms with Crippen molar-refractivity contribution in [3.63, 3.8) is 0 Å². The third-order valence-corrected chi connectivity index (χ3v) is 5.82. The van der Waals surface area contributed by atoms with Crippen molar-refractivity contribution in [2.24, 2.45) is 0 Å². The molecule has 0 aliphatic carbocycles. The van der Waals surface area contributed by atoms with Gasteiger partial charge in [-0.05, 0) is 75.6 Å². The highest BCUT2D eigenvalue weighted by Gasteiger charge is 2.10. The number of carbonyl (C=O) groups is 1. The number of nitrogens with one attached hydrogen (secondary N) is 2. The second kappa shape index (κ2) is 9.09. The highest BCUT2D eigenvalue weighted by atomic mass is 32.2. The van der Waals surface area contributed by atoms with Crippen molar-refractivity contribution >= 4 is 23.4 Å². The molecule has 150 valence electrons. The number of hydrogen-bond acceptors (Lipinski definition) is 4. The van der Waals surface area contributed by atoms with Gasteiger partial charge in [0.1, 0.15) is 5.82 Å². The standard InChI is InChI=1S/C23H25N3O2S/c1-14-5-6-15(2)21(13-14)29-19-9-7-18(8-10-19)26-22(27)12-11-20-16(3)24-17(4)25-23(20)28/h5-10,13H,11-12H2,1-4H3,(H,26,27)(H,24,25,28). The van der Waals surface area contributed by atoms with Crippen LogP contribution in [0, 0.1) is 27.7 Å². The molecule has 0 saturated carbocycles. The molecule has 5 nitrogen and oxygen atoms in total. The molecular formula is C23H25N3O2S. The SMILES string of the molecule is Cc1ccc(C)c(Sc2ccc(NC(=O)CCc3c(C)nc(C)[nH]c3=O)cc2)c1. The van der Waals surface area contributed by atoms with Gasteiger partial charge in [0.2, 0.25) is 5.91 Å². The predicted octanol–water partition coefficient (Wildman–Crippen LogP) is 4.73. The molecule has 0 fully saturated rings. The van der Waals surface area contributed by atoms with Crippen molar-refractivity contribution < 1.29 is 4.79 Å². The van der Waals surface area contributed by atoms with Crippen LogP contribution in [0.15, 0.2) is 57.1 Å². The van der Waals surface area contributed by atoms with E-state index < -0.39 is 0 Å². The minimum Gasteiger partial charge on any atom is -0.326 e. The zero-order valence-corrected chi connectivity index (χ0v) is 17.9. The van der Waals surface area contributed by atoms with Gasteiger partial charge in [-0.3, -0.25) is 9.59 Å². The average molecular weight is 408 g/mol. The molecule has 2 aromatic carbocycles. The average Bonchev–Trinajstić information content (AvgIpc) is 2.65. The van der Waals surface area contributed by atoms with Crippen molar-refractivity contribution in [2.45, 2.75) is 50.3 Å². The number of carbonyl (C=O) groups excluding carboxylic acids is 1. The van der Waals surface area contributed by atoms with Crippen molar-refractivity contribution in [1.29, 1.82) is 0 Å². The zero-order chi connectivity index (χ0) is 21.0. The second-order valence-corrected chi connectivity index (χ2v) is 8.27. The highest BCUT2D eigenvalue weighted by Crippen LogP contribution is 2.31. The molecule has 0 aliphatic rings. The van der Waals surface area contributed by atoms with E-state index >= 15 is 0 Å². The Hall–Kier alpha value is -2.86. The number of aromatic amines is 1. The minimum atomic E-state index is -0.171. The monoisotopic (exact) mass is 407 g/mol. The maximum Gasteiger partial charge on any atom is 0.254 e. The molecule has 1 heterocycles. The summed E-state index contributed by atoms with van der Waals surface area (Å²) in [4.78, 5) is 33.6. The van der Waals surface area contributed by atoms with Crippen LogP contribution < -0.4 is 10.9 Å².